The third kappa shape index (κ3) is 4.24. The van der Waals surface area contributed by atoms with E-state index < -0.39 is 30.8 Å². The monoisotopic (exact) mass is 495 g/mol. The van der Waals surface area contributed by atoms with Gasteiger partial charge in [-0.2, -0.15) is 4.98 Å². The van der Waals surface area contributed by atoms with Crippen LogP contribution in [-0.2, 0) is 6.54 Å². The maximum absolute atomic E-state index is 14.8. The van der Waals surface area contributed by atoms with Crippen LogP contribution < -0.4 is 10.1 Å². The van der Waals surface area contributed by atoms with E-state index in [1.54, 1.807) is 30.3 Å². The van der Waals surface area contributed by atoms with Gasteiger partial charge >= 0.3 is 0 Å². The Kier molecular flexibility index (Phi) is 5.74. The van der Waals surface area contributed by atoms with Gasteiger partial charge in [0, 0.05) is 18.3 Å². The van der Waals surface area contributed by atoms with E-state index in [1.807, 2.05) is 0 Å². The van der Waals surface area contributed by atoms with Gasteiger partial charge in [0.25, 0.3) is 12.3 Å². The summed E-state index contributed by atoms with van der Waals surface area (Å²) in [6, 6.07) is 3.27. The van der Waals surface area contributed by atoms with Crippen molar-refractivity contribution in [2.75, 3.05) is 32.6 Å². The molecule has 0 saturated carbocycles. The number of piperidine rings is 1. The number of benzene rings is 1. The highest BCUT2D eigenvalue weighted by Crippen LogP contribution is 2.35. The smallest absolute Gasteiger partial charge is 0.280 e. The van der Waals surface area contributed by atoms with Crippen molar-refractivity contribution in [1.82, 2.24) is 29.0 Å². The molecule has 1 aromatic carbocycles. The van der Waals surface area contributed by atoms with E-state index in [0.717, 1.165) is 0 Å². The lowest BCUT2D eigenvalue weighted by Crippen LogP contribution is -2.53. The number of likely N-dealkylation sites (tertiary alicyclic amines) is 1. The van der Waals surface area contributed by atoms with Crippen LogP contribution in [0.2, 0.25) is 0 Å². The van der Waals surface area contributed by atoms with E-state index in [9.17, 15) is 22.0 Å². The molecule has 4 heterocycles. The number of rotatable bonds is 6. The first-order valence-electron chi connectivity index (χ1n) is 10.9. The van der Waals surface area contributed by atoms with Gasteiger partial charge < -0.3 is 19.5 Å². The van der Waals surface area contributed by atoms with Crippen molar-refractivity contribution in [3.63, 3.8) is 0 Å². The summed E-state index contributed by atoms with van der Waals surface area (Å²) in [5.74, 6) is -3.61. The second-order valence-electron chi connectivity index (χ2n) is 8.57. The Balaban J connectivity index is 1.55. The molecular weight excluding hydrogens is 473 g/mol. The molecule has 0 bridgehead atoms. The van der Waals surface area contributed by atoms with Crippen molar-refractivity contribution in [3.05, 3.63) is 36.5 Å². The summed E-state index contributed by atoms with van der Waals surface area (Å²) in [6.07, 6.45) is 0.300. The molecule has 1 aliphatic rings. The standard InChI is InChI=1S/C22H22F5N7O/c1-32-5-4-16(22(26,27)10-32)29-21-30-20(35-2)19-13(3-6-34(19)31-21)12-7-14(23)18-15(8-12)33(11-28-18)9-17(24)25/h3,6-8,11,16-17H,4-5,9-10H2,1-2H3,(H,29,31)/t16-/m1/s1. The van der Waals surface area contributed by atoms with E-state index >= 15 is 0 Å². The molecule has 0 aliphatic carbocycles. The molecule has 1 aliphatic heterocycles. The van der Waals surface area contributed by atoms with E-state index in [2.05, 4.69) is 20.4 Å². The Labute approximate surface area is 196 Å². The van der Waals surface area contributed by atoms with Crippen LogP contribution in [0, 0.1) is 5.82 Å². The third-order valence-corrected chi connectivity index (χ3v) is 6.09. The molecule has 1 fully saturated rings. The number of nitrogens with zero attached hydrogens (tertiary/aromatic N) is 6. The maximum atomic E-state index is 14.8. The Morgan fingerprint density at radius 3 is 2.80 bits per heavy atom. The molecular formula is C22H22F5N7O. The Morgan fingerprint density at radius 1 is 1.29 bits per heavy atom. The highest BCUT2D eigenvalue weighted by Gasteiger charge is 2.44. The fourth-order valence-electron chi connectivity index (χ4n) is 4.44. The number of imidazole rings is 1. The molecule has 1 N–H and O–H groups in total. The van der Waals surface area contributed by atoms with Crippen molar-refractivity contribution >= 4 is 22.5 Å². The van der Waals surface area contributed by atoms with Gasteiger partial charge in [-0.05, 0) is 37.2 Å². The molecule has 8 nitrogen and oxygen atoms in total. The predicted octanol–water partition coefficient (Wildman–Crippen LogP) is 3.91. The van der Waals surface area contributed by atoms with Gasteiger partial charge in [0.2, 0.25) is 11.8 Å². The summed E-state index contributed by atoms with van der Waals surface area (Å²) in [6.45, 7) is -0.511. The topological polar surface area (TPSA) is 72.5 Å². The molecule has 0 radical (unpaired) electrons. The highest BCUT2D eigenvalue weighted by atomic mass is 19.3. The van der Waals surface area contributed by atoms with Crippen LogP contribution in [-0.4, -0.2) is 74.7 Å². The summed E-state index contributed by atoms with van der Waals surface area (Å²) in [5, 5.41) is 7.02. The lowest BCUT2D eigenvalue weighted by molar-refractivity contribution is -0.0675. The number of nitrogens with one attached hydrogen (secondary N) is 1. The van der Waals surface area contributed by atoms with Gasteiger partial charge in [-0.25, -0.2) is 31.5 Å². The van der Waals surface area contributed by atoms with E-state index in [-0.39, 0.29) is 35.8 Å². The average molecular weight is 495 g/mol. The Bertz CT molecular complexity index is 1390. The van der Waals surface area contributed by atoms with Gasteiger partial charge in [0.1, 0.15) is 11.0 Å². The lowest BCUT2D eigenvalue weighted by atomic mass is 10.0. The first kappa shape index (κ1) is 23.3. The summed E-state index contributed by atoms with van der Waals surface area (Å²) in [7, 11) is 3.01. The molecule has 0 unspecified atom stereocenters. The molecule has 0 spiro atoms. The van der Waals surface area contributed by atoms with Crippen molar-refractivity contribution in [2.24, 2.45) is 0 Å². The minimum absolute atomic E-state index is 0.0216. The molecule has 0 amide bonds. The van der Waals surface area contributed by atoms with Gasteiger partial charge in [-0.3, -0.25) is 0 Å². The number of halogens is 5. The molecule has 4 aromatic rings. The zero-order valence-corrected chi connectivity index (χ0v) is 18.9. The van der Waals surface area contributed by atoms with E-state index in [1.165, 1.54) is 28.6 Å². The quantitative estimate of drug-likeness (QED) is 0.409. The number of aromatic nitrogens is 5. The van der Waals surface area contributed by atoms with Crippen LogP contribution in [0.15, 0.2) is 30.7 Å². The summed E-state index contributed by atoms with van der Waals surface area (Å²) in [4.78, 5) is 9.73. The average Bonchev–Trinajstić information content (AvgIpc) is 3.39. The van der Waals surface area contributed by atoms with Gasteiger partial charge in [-0.15, -0.1) is 5.10 Å². The maximum Gasteiger partial charge on any atom is 0.280 e. The minimum atomic E-state index is -2.98. The molecule has 186 valence electrons. The molecule has 1 atom stereocenters. The Morgan fingerprint density at radius 2 is 2.09 bits per heavy atom. The van der Waals surface area contributed by atoms with Crippen LogP contribution in [0.25, 0.3) is 27.7 Å². The van der Waals surface area contributed by atoms with Crippen LogP contribution in [0.1, 0.15) is 6.42 Å². The van der Waals surface area contributed by atoms with Gasteiger partial charge in [-0.1, -0.05) is 0 Å². The first-order valence-corrected chi connectivity index (χ1v) is 10.9. The fourth-order valence-corrected chi connectivity index (χ4v) is 4.44. The largest absolute Gasteiger partial charge is 0.479 e. The molecule has 13 heteroatoms. The van der Waals surface area contributed by atoms with Crippen LogP contribution >= 0.6 is 0 Å². The van der Waals surface area contributed by atoms with Gasteiger partial charge in [0.15, 0.2) is 5.82 Å². The number of hydrogen-bond donors (Lipinski definition) is 1. The summed E-state index contributed by atoms with van der Waals surface area (Å²) < 4.78 is 77.6. The summed E-state index contributed by atoms with van der Waals surface area (Å²) >= 11 is 0. The number of ether oxygens (including phenoxy) is 1. The molecule has 35 heavy (non-hydrogen) atoms. The predicted molar refractivity (Wildman–Crippen MR) is 119 cm³/mol. The van der Waals surface area contributed by atoms with E-state index in [4.69, 9.17) is 4.74 Å². The highest BCUT2D eigenvalue weighted by molar-refractivity contribution is 5.90. The molecule has 3 aromatic heterocycles. The second-order valence-corrected chi connectivity index (χ2v) is 8.57. The van der Waals surface area contributed by atoms with Crippen molar-refractivity contribution in [3.8, 4) is 17.0 Å². The zero-order valence-electron chi connectivity index (χ0n) is 18.9. The van der Waals surface area contributed by atoms with Crippen LogP contribution in [0.3, 0.4) is 0 Å². The number of hydrogen-bond acceptors (Lipinski definition) is 6. The van der Waals surface area contributed by atoms with E-state index in [0.29, 0.717) is 23.2 Å². The fraction of sp³-hybridized carbons (Fsp3) is 0.409. The zero-order chi connectivity index (χ0) is 24.9. The lowest BCUT2D eigenvalue weighted by Gasteiger charge is -2.36. The number of alkyl halides is 4. The van der Waals surface area contributed by atoms with Crippen LogP contribution in [0.4, 0.5) is 27.9 Å². The normalized spacial score (nSPS) is 18.6. The van der Waals surface area contributed by atoms with Crippen molar-refractivity contribution < 1.29 is 26.7 Å². The van der Waals surface area contributed by atoms with Gasteiger partial charge in [0.05, 0.1) is 38.1 Å². The third-order valence-electron chi connectivity index (χ3n) is 6.09. The van der Waals surface area contributed by atoms with Crippen molar-refractivity contribution in [2.45, 2.75) is 31.4 Å². The first-order chi connectivity index (χ1) is 16.7. The number of methoxy groups -OCH3 is 1. The summed E-state index contributed by atoms with van der Waals surface area (Å²) in [5.41, 5.74) is 1.41. The molecule has 1 saturated heterocycles. The minimum Gasteiger partial charge on any atom is -0.479 e. The number of fused-ring (bicyclic) bond motifs is 2. The SMILES string of the molecule is COc1nc(N[C@@H]2CCN(C)CC2(F)F)nn2ccc(-c3cc(F)c4ncn(CC(F)F)c4c3)c12. The Hall–Kier alpha value is -3.48. The second kappa shape index (κ2) is 8.63. The van der Waals surface area contributed by atoms with Crippen LogP contribution in [0.5, 0.6) is 5.88 Å². The van der Waals surface area contributed by atoms with Crippen molar-refractivity contribution in [1.29, 1.82) is 0 Å². The molecule has 5 rings (SSSR count). The number of anilines is 1.